The van der Waals surface area contributed by atoms with Crippen LogP contribution in [0.3, 0.4) is 0 Å². The Balaban J connectivity index is 2.31. The van der Waals surface area contributed by atoms with Crippen molar-refractivity contribution in [3.63, 3.8) is 0 Å². The van der Waals surface area contributed by atoms with Gasteiger partial charge in [-0.3, -0.25) is 4.79 Å². The Labute approximate surface area is 144 Å². The molecule has 2 rings (SSSR count). The molecule has 0 saturated heterocycles. The van der Waals surface area contributed by atoms with Crippen LogP contribution in [-0.4, -0.2) is 39.0 Å². The molecule has 2 aromatic carbocycles. The van der Waals surface area contributed by atoms with Gasteiger partial charge in [0, 0.05) is 24.7 Å². The molecule has 0 bridgehead atoms. The highest BCUT2D eigenvalue weighted by Gasteiger charge is 2.21. The number of rotatable bonds is 5. The first kappa shape index (κ1) is 18.4. The van der Waals surface area contributed by atoms with Crippen LogP contribution < -0.4 is 5.32 Å². The fourth-order valence-corrected chi connectivity index (χ4v) is 3.26. The Morgan fingerprint density at radius 1 is 1.12 bits per heavy atom. The van der Waals surface area contributed by atoms with Gasteiger partial charge >= 0.3 is 0 Å². The van der Waals surface area contributed by atoms with Gasteiger partial charge in [0.25, 0.3) is 5.91 Å². The molecule has 0 radical (unpaired) electrons. The third kappa shape index (κ3) is 3.95. The van der Waals surface area contributed by atoms with Gasteiger partial charge in [-0.2, -0.15) is 0 Å². The van der Waals surface area contributed by atoms with E-state index in [0.717, 1.165) is 27.4 Å². The summed E-state index contributed by atoms with van der Waals surface area (Å²) in [5.74, 6) is -1.49. The van der Waals surface area contributed by atoms with E-state index in [0.29, 0.717) is 5.69 Å². The van der Waals surface area contributed by atoms with E-state index in [-0.39, 0.29) is 10.5 Å². The molecule has 0 aliphatic rings. The molecule has 1 N–H and O–H groups in total. The maximum absolute atomic E-state index is 14.0. The average Bonchev–Trinajstić information content (AvgIpc) is 2.55. The minimum Gasteiger partial charge on any atom is -0.322 e. The molecule has 5 nitrogen and oxygen atoms in total. The molecule has 0 atom stereocenters. The van der Waals surface area contributed by atoms with Gasteiger partial charge in [-0.05, 0) is 48.7 Å². The molecular weight excluding hydrogens is 351 g/mol. The second kappa shape index (κ2) is 7.33. The van der Waals surface area contributed by atoms with Crippen molar-refractivity contribution in [2.45, 2.75) is 9.79 Å². The highest BCUT2D eigenvalue weighted by molar-refractivity contribution is 7.98. The lowest BCUT2D eigenvalue weighted by Crippen LogP contribution is -2.23. The van der Waals surface area contributed by atoms with E-state index in [1.54, 1.807) is 23.9 Å². The number of benzene rings is 2. The molecule has 0 unspecified atom stereocenters. The molecular formula is C16H17FN2O3S2. The van der Waals surface area contributed by atoms with E-state index >= 15 is 0 Å². The number of anilines is 1. The Kier molecular flexibility index (Phi) is 5.63. The second-order valence-electron chi connectivity index (χ2n) is 5.11. The van der Waals surface area contributed by atoms with Crippen LogP contribution in [0.1, 0.15) is 10.4 Å². The first-order chi connectivity index (χ1) is 11.3. The van der Waals surface area contributed by atoms with E-state index in [2.05, 4.69) is 5.32 Å². The summed E-state index contributed by atoms with van der Waals surface area (Å²) >= 11 is 1.56. The summed E-state index contributed by atoms with van der Waals surface area (Å²) in [5.41, 5.74) is 0.171. The first-order valence-corrected chi connectivity index (χ1v) is 9.59. The number of nitrogens with one attached hydrogen (secondary N) is 1. The van der Waals surface area contributed by atoms with Crippen LogP contribution in [0, 0.1) is 5.82 Å². The normalized spacial score (nSPS) is 11.5. The average molecular weight is 368 g/mol. The fourth-order valence-electron chi connectivity index (χ4n) is 1.92. The van der Waals surface area contributed by atoms with E-state index < -0.39 is 21.7 Å². The zero-order valence-corrected chi connectivity index (χ0v) is 15.0. The van der Waals surface area contributed by atoms with Crippen LogP contribution in [0.25, 0.3) is 0 Å². The Hall–Kier alpha value is -1.90. The second-order valence-corrected chi connectivity index (χ2v) is 8.14. The summed E-state index contributed by atoms with van der Waals surface area (Å²) in [7, 11) is -1.01. The molecule has 0 aliphatic heterocycles. The van der Waals surface area contributed by atoms with Crippen molar-refractivity contribution in [3.05, 3.63) is 53.8 Å². The Bertz CT molecular complexity index is 850. The number of thioether (sulfide) groups is 1. The minimum atomic E-state index is -3.75. The first-order valence-electron chi connectivity index (χ1n) is 6.93. The molecule has 2 aromatic rings. The Morgan fingerprint density at radius 3 is 2.29 bits per heavy atom. The van der Waals surface area contributed by atoms with E-state index in [4.69, 9.17) is 0 Å². The number of halogens is 1. The number of carbonyl (C=O) groups is 1. The molecule has 0 aliphatic carbocycles. The molecule has 0 aromatic heterocycles. The highest BCUT2D eigenvalue weighted by atomic mass is 32.2. The van der Waals surface area contributed by atoms with E-state index in [1.165, 1.54) is 14.1 Å². The largest absolute Gasteiger partial charge is 0.322 e. The summed E-state index contributed by atoms with van der Waals surface area (Å²) in [6, 6.07) is 10.2. The van der Waals surface area contributed by atoms with Crippen molar-refractivity contribution < 1.29 is 17.6 Å². The Morgan fingerprint density at radius 2 is 1.75 bits per heavy atom. The molecule has 0 fully saturated rings. The van der Waals surface area contributed by atoms with Crippen LogP contribution in [0.5, 0.6) is 0 Å². The van der Waals surface area contributed by atoms with Crippen LogP contribution >= 0.6 is 11.8 Å². The minimum absolute atomic E-state index is 0.142. The van der Waals surface area contributed by atoms with Gasteiger partial charge in [-0.15, -0.1) is 11.8 Å². The molecule has 0 spiro atoms. The smallest absolute Gasteiger partial charge is 0.258 e. The zero-order valence-electron chi connectivity index (χ0n) is 13.4. The predicted octanol–water partition coefficient (Wildman–Crippen LogP) is 3.05. The van der Waals surface area contributed by atoms with Gasteiger partial charge in [-0.25, -0.2) is 17.1 Å². The third-order valence-corrected chi connectivity index (χ3v) is 5.86. The van der Waals surface area contributed by atoms with Gasteiger partial charge in [0.2, 0.25) is 10.0 Å². The monoisotopic (exact) mass is 368 g/mol. The lowest BCUT2D eigenvalue weighted by molar-refractivity contribution is 0.102. The molecule has 24 heavy (non-hydrogen) atoms. The third-order valence-electron chi connectivity index (χ3n) is 3.31. The lowest BCUT2D eigenvalue weighted by Gasteiger charge is -2.13. The summed E-state index contributed by atoms with van der Waals surface area (Å²) in [6.07, 6.45) is 1.93. The molecule has 0 saturated carbocycles. The van der Waals surface area contributed by atoms with Crippen LogP contribution in [0.15, 0.2) is 52.3 Å². The number of amides is 1. The van der Waals surface area contributed by atoms with Crippen molar-refractivity contribution in [1.29, 1.82) is 0 Å². The summed E-state index contributed by atoms with van der Waals surface area (Å²) in [4.78, 5) is 13.2. The predicted molar refractivity (Wildman–Crippen MR) is 93.4 cm³/mol. The van der Waals surface area contributed by atoms with Gasteiger partial charge in [0.05, 0.1) is 10.5 Å². The molecule has 1 amide bonds. The van der Waals surface area contributed by atoms with E-state index in [1.807, 2.05) is 18.4 Å². The van der Waals surface area contributed by atoms with Crippen molar-refractivity contribution >= 4 is 33.4 Å². The van der Waals surface area contributed by atoms with Gasteiger partial charge < -0.3 is 5.32 Å². The number of nitrogens with zero attached hydrogens (tertiary/aromatic N) is 1. The number of carbonyl (C=O) groups excluding carboxylic acids is 1. The lowest BCUT2D eigenvalue weighted by atomic mass is 10.2. The summed E-state index contributed by atoms with van der Waals surface area (Å²) < 4.78 is 39.2. The maximum atomic E-state index is 14.0. The zero-order chi connectivity index (χ0) is 17.9. The van der Waals surface area contributed by atoms with Crippen LogP contribution in [0.2, 0.25) is 0 Å². The van der Waals surface area contributed by atoms with Gasteiger partial charge in [0.1, 0.15) is 5.82 Å². The highest BCUT2D eigenvalue weighted by Crippen LogP contribution is 2.21. The fraction of sp³-hybridized carbons (Fsp3) is 0.188. The molecule has 128 valence electrons. The molecule has 8 heteroatoms. The molecule has 0 heterocycles. The SMILES string of the molecule is CSc1ccc(NC(=O)c2cc(S(=O)(=O)N(C)C)ccc2F)cc1. The topological polar surface area (TPSA) is 66.5 Å². The quantitative estimate of drug-likeness (QED) is 0.824. The van der Waals surface area contributed by atoms with Gasteiger partial charge in [0.15, 0.2) is 0 Å². The van der Waals surface area contributed by atoms with Gasteiger partial charge in [-0.1, -0.05) is 0 Å². The number of hydrogen-bond acceptors (Lipinski definition) is 4. The van der Waals surface area contributed by atoms with Crippen LogP contribution in [-0.2, 0) is 10.0 Å². The van der Waals surface area contributed by atoms with Crippen LogP contribution in [0.4, 0.5) is 10.1 Å². The summed E-state index contributed by atoms with van der Waals surface area (Å²) in [6.45, 7) is 0. The maximum Gasteiger partial charge on any atom is 0.258 e. The number of sulfonamides is 1. The van der Waals surface area contributed by atoms with Crippen molar-refractivity contribution in [2.24, 2.45) is 0 Å². The number of hydrogen-bond donors (Lipinski definition) is 1. The summed E-state index contributed by atoms with van der Waals surface area (Å²) in [5, 5.41) is 2.56. The van der Waals surface area contributed by atoms with Crippen molar-refractivity contribution in [2.75, 3.05) is 25.7 Å². The van der Waals surface area contributed by atoms with Crippen molar-refractivity contribution in [3.8, 4) is 0 Å². The standard InChI is InChI=1S/C16H17FN2O3S2/c1-19(2)24(21,22)13-8-9-15(17)14(10-13)16(20)18-11-4-6-12(23-3)7-5-11/h4-10H,1-3H3,(H,18,20). The van der Waals surface area contributed by atoms with Crippen molar-refractivity contribution in [1.82, 2.24) is 4.31 Å². The van der Waals surface area contributed by atoms with E-state index in [9.17, 15) is 17.6 Å².